The fourth-order valence-corrected chi connectivity index (χ4v) is 2.24. The topological polar surface area (TPSA) is 64.7 Å². The lowest BCUT2D eigenvalue weighted by atomic mass is 10.3. The van der Waals surface area contributed by atoms with Crippen molar-refractivity contribution in [2.45, 2.75) is 10.9 Å². The molecule has 0 amide bonds. The molecule has 0 bridgehead atoms. The van der Waals surface area contributed by atoms with Crippen molar-refractivity contribution < 1.29 is 14.6 Å². The number of hydrogen-bond acceptors (Lipinski definition) is 5. The number of ether oxygens (including phenoxy) is 2. The molecule has 3 N–H and O–H groups in total. The Bertz CT molecular complexity index is 359. The van der Waals surface area contributed by atoms with E-state index in [1.54, 1.807) is 11.8 Å². The zero-order valence-electron chi connectivity index (χ0n) is 8.89. The lowest BCUT2D eigenvalue weighted by Gasteiger charge is -2.18. The van der Waals surface area contributed by atoms with Crippen LogP contribution in [0.25, 0.3) is 0 Å². The van der Waals surface area contributed by atoms with E-state index >= 15 is 0 Å². The Labute approximate surface area is 98.7 Å². The van der Waals surface area contributed by atoms with Gasteiger partial charge in [-0.25, -0.2) is 0 Å². The summed E-state index contributed by atoms with van der Waals surface area (Å²) >= 11 is 1.61. The molecule has 1 aliphatic heterocycles. The third kappa shape index (κ3) is 2.81. The Kier molecular flexibility index (Phi) is 3.93. The lowest BCUT2D eigenvalue weighted by Crippen LogP contribution is -2.26. The van der Waals surface area contributed by atoms with Crippen LogP contribution in [0.3, 0.4) is 0 Å². The zero-order valence-corrected chi connectivity index (χ0v) is 9.70. The molecular weight excluding hydrogens is 226 g/mol. The summed E-state index contributed by atoms with van der Waals surface area (Å²) in [6.45, 7) is 1.21. The van der Waals surface area contributed by atoms with Gasteiger partial charge in [-0.05, 0) is 18.2 Å². The van der Waals surface area contributed by atoms with Crippen LogP contribution in [0.15, 0.2) is 23.1 Å². The second kappa shape index (κ2) is 5.43. The molecule has 0 saturated heterocycles. The van der Waals surface area contributed by atoms with Gasteiger partial charge in [0.1, 0.15) is 13.2 Å². The molecule has 0 spiro atoms. The first-order chi connectivity index (χ1) is 7.79. The minimum absolute atomic E-state index is 0.0115. The maximum atomic E-state index is 8.82. The van der Waals surface area contributed by atoms with Gasteiger partial charge in [-0.15, -0.1) is 11.8 Å². The van der Waals surface area contributed by atoms with Crippen molar-refractivity contribution in [1.29, 1.82) is 0 Å². The summed E-state index contributed by atoms with van der Waals surface area (Å²) in [5.74, 6) is 2.27. The maximum Gasteiger partial charge on any atom is 0.162 e. The van der Waals surface area contributed by atoms with Crippen LogP contribution in [0.1, 0.15) is 0 Å². The van der Waals surface area contributed by atoms with Gasteiger partial charge in [0.15, 0.2) is 11.5 Å². The van der Waals surface area contributed by atoms with Gasteiger partial charge in [-0.3, -0.25) is 0 Å². The molecule has 0 saturated carbocycles. The Balaban J connectivity index is 2.00. The summed E-state index contributed by atoms with van der Waals surface area (Å²) in [6, 6.07) is 5.64. The molecule has 0 aromatic heterocycles. The van der Waals surface area contributed by atoms with Crippen molar-refractivity contribution in [3.05, 3.63) is 18.2 Å². The molecule has 1 atom stereocenters. The average Bonchev–Trinajstić information content (AvgIpc) is 2.35. The molecule has 1 heterocycles. The molecular formula is C11H15NO3S. The number of nitrogens with two attached hydrogens (primary N) is 1. The van der Waals surface area contributed by atoms with Crippen molar-refractivity contribution in [1.82, 2.24) is 0 Å². The Hall–Kier alpha value is -0.910. The number of hydrogen-bond donors (Lipinski definition) is 2. The molecule has 1 aliphatic rings. The van der Waals surface area contributed by atoms with Gasteiger partial charge in [0.2, 0.25) is 0 Å². The van der Waals surface area contributed by atoms with Crippen LogP contribution in [0.4, 0.5) is 0 Å². The molecule has 5 heteroatoms. The van der Waals surface area contributed by atoms with E-state index in [4.69, 9.17) is 20.3 Å². The van der Waals surface area contributed by atoms with Gasteiger partial charge in [-0.2, -0.15) is 0 Å². The van der Waals surface area contributed by atoms with Gasteiger partial charge >= 0.3 is 0 Å². The van der Waals surface area contributed by atoms with Crippen LogP contribution in [-0.2, 0) is 0 Å². The summed E-state index contributed by atoms with van der Waals surface area (Å²) in [5, 5.41) is 8.82. The van der Waals surface area contributed by atoms with Crippen LogP contribution >= 0.6 is 11.8 Å². The molecule has 1 aromatic rings. The average molecular weight is 241 g/mol. The number of fused-ring (bicyclic) bond motifs is 1. The van der Waals surface area contributed by atoms with Crippen LogP contribution in [0.2, 0.25) is 0 Å². The van der Waals surface area contributed by atoms with Gasteiger partial charge in [0, 0.05) is 16.7 Å². The van der Waals surface area contributed by atoms with E-state index in [0.717, 1.165) is 16.4 Å². The van der Waals surface area contributed by atoms with E-state index in [9.17, 15) is 0 Å². The molecule has 0 radical (unpaired) electrons. The highest BCUT2D eigenvalue weighted by atomic mass is 32.2. The fraction of sp³-hybridized carbons (Fsp3) is 0.455. The van der Waals surface area contributed by atoms with Gasteiger partial charge < -0.3 is 20.3 Å². The van der Waals surface area contributed by atoms with E-state index in [-0.39, 0.29) is 12.6 Å². The Morgan fingerprint density at radius 3 is 2.81 bits per heavy atom. The zero-order chi connectivity index (χ0) is 11.4. The second-order valence-corrected chi connectivity index (χ2v) is 4.65. The van der Waals surface area contributed by atoms with Crippen molar-refractivity contribution >= 4 is 11.8 Å². The maximum absolute atomic E-state index is 8.82. The molecule has 16 heavy (non-hydrogen) atoms. The first-order valence-electron chi connectivity index (χ1n) is 5.18. The minimum atomic E-state index is -0.182. The molecule has 4 nitrogen and oxygen atoms in total. The fourth-order valence-electron chi connectivity index (χ4n) is 1.37. The summed E-state index contributed by atoms with van der Waals surface area (Å²) in [6.07, 6.45) is 0. The minimum Gasteiger partial charge on any atom is -0.486 e. The number of benzene rings is 1. The monoisotopic (exact) mass is 241 g/mol. The number of aliphatic hydroxyl groups is 1. The molecule has 0 fully saturated rings. The Morgan fingerprint density at radius 2 is 2.06 bits per heavy atom. The molecule has 0 aliphatic carbocycles. The molecule has 1 aromatic carbocycles. The van der Waals surface area contributed by atoms with E-state index < -0.39 is 0 Å². The number of aliphatic hydroxyl groups excluding tert-OH is 1. The van der Waals surface area contributed by atoms with Gasteiger partial charge in [0.05, 0.1) is 6.61 Å². The SMILES string of the molecule is NC(CO)CSc1ccc2c(c1)OCCO2. The standard InChI is InChI=1S/C11H15NO3S/c12-8(6-13)7-16-9-1-2-10-11(5-9)15-4-3-14-10/h1-2,5,8,13H,3-4,6-7,12H2. The van der Waals surface area contributed by atoms with Crippen molar-refractivity contribution in [2.75, 3.05) is 25.6 Å². The smallest absolute Gasteiger partial charge is 0.162 e. The summed E-state index contributed by atoms with van der Waals surface area (Å²) in [7, 11) is 0. The lowest BCUT2D eigenvalue weighted by molar-refractivity contribution is 0.171. The largest absolute Gasteiger partial charge is 0.486 e. The highest BCUT2D eigenvalue weighted by Crippen LogP contribution is 2.34. The van der Waals surface area contributed by atoms with E-state index in [1.807, 2.05) is 18.2 Å². The number of rotatable bonds is 4. The summed E-state index contributed by atoms with van der Waals surface area (Å²) in [5.41, 5.74) is 5.63. The molecule has 1 unspecified atom stereocenters. The van der Waals surface area contributed by atoms with E-state index in [0.29, 0.717) is 19.0 Å². The van der Waals surface area contributed by atoms with Crippen molar-refractivity contribution in [3.8, 4) is 11.5 Å². The van der Waals surface area contributed by atoms with Gasteiger partial charge in [-0.1, -0.05) is 0 Å². The number of thioether (sulfide) groups is 1. The van der Waals surface area contributed by atoms with Gasteiger partial charge in [0.25, 0.3) is 0 Å². The third-order valence-corrected chi connectivity index (χ3v) is 3.39. The van der Waals surface area contributed by atoms with Crippen LogP contribution in [0, 0.1) is 0 Å². The second-order valence-electron chi connectivity index (χ2n) is 3.56. The normalized spacial score (nSPS) is 15.9. The van der Waals surface area contributed by atoms with E-state index in [1.165, 1.54) is 0 Å². The van der Waals surface area contributed by atoms with Crippen LogP contribution in [-0.4, -0.2) is 36.7 Å². The predicted octanol–water partition coefficient (Wildman–Crippen LogP) is 0.870. The first kappa shape index (κ1) is 11.6. The first-order valence-corrected chi connectivity index (χ1v) is 6.17. The Morgan fingerprint density at radius 1 is 1.31 bits per heavy atom. The van der Waals surface area contributed by atoms with Crippen molar-refractivity contribution in [3.63, 3.8) is 0 Å². The third-order valence-electron chi connectivity index (χ3n) is 2.21. The summed E-state index contributed by atoms with van der Waals surface area (Å²) in [4.78, 5) is 1.08. The van der Waals surface area contributed by atoms with E-state index in [2.05, 4.69) is 0 Å². The van der Waals surface area contributed by atoms with Crippen LogP contribution in [0.5, 0.6) is 11.5 Å². The highest BCUT2D eigenvalue weighted by Gasteiger charge is 2.12. The molecule has 88 valence electrons. The van der Waals surface area contributed by atoms with Crippen LogP contribution < -0.4 is 15.2 Å². The highest BCUT2D eigenvalue weighted by molar-refractivity contribution is 7.99. The predicted molar refractivity (Wildman–Crippen MR) is 63.2 cm³/mol. The summed E-state index contributed by atoms with van der Waals surface area (Å²) < 4.78 is 10.9. The quantitative estimate of drug-likeness (QED) is 0.766. The van der Waals surface area contributed by atoms with Crippen molar-refractivity contribution in [2.24, 2.45) is 5.73 Å². The molecule has 2 rings (SSSR count).